The van der Waals surface area contributed by atoms with Gasteiger partial charge in [-0.05, 0) is 43.2 Å². The summed E-state index contributed by atoms with van der Waals surface area (Å²) >= 11 is 0. The number of aryl methyl sites for hydroxylation is 1. The van der Waals surface area contributed by atoms with Gasteiger partial charge < -0.3 is 15.0 Å². The van der Waals surface area contributed by atoms with E-state index in [9.17, 15) is 14.0 Å². The Kier molecular flexibility index (Phi) is 5.51. The Hall–Kier alpha value is -3.24. The summed E-state index contributed by atoms with van der Waals surface area (Å²) in [6.07, 6.45) is 0.576. The molecule has 2 aromatic rings. The van der Waals surface area contributed by atoms with E-state index >= 15 is 0 Å². The van der Waals surface area contributed by atoms with Crippen molar-refractivity contribution in [3.63, 3.8) is 0 Å². The van der Waals surface area contributed by atoms with Crippen molar-refractivity contribution in [2.24, 2.45) is 0 Å². The Morgan fingerprint density at radius 1 is 1.33 bits per heavy atom. The van der Waals surface area contributed by atoms with Crippen LogP contribution in [0.2, 0.25) is 0 Å². The number of benzene rings is 1. The highest BCUT2D eigenvalue weighted by Gasteiger charge is 2.33. The molecule has 3 heterocycles. The number of cyclic esters (lactones) is 1. The number of nitrogens with one attached hydrogen (secondary N) is 1. The number of ether oxygens (including phenoxy) is 1. The topological polar surface area (TPSA) is 105 Å². The largest absolute Gasteiger partial charge is 0.442 e. The molecule has 0 bridgehead atoms. The van der Waals surface area contributed by atoms with Crippen molar-refractivity contribution >= 4 is 23.4 Å². The number of carbonyl (C=O) groups is 2. The van der Waals surface area contributed by atoms with E-state index in [0.717, 1.165) is 12.8 Å². The van der Waals surface area contributed by atoms with Crippen LogP contribution in [0.4, 0.5) is 20.6 Å². The van der Waals surface area contributed by atoms with Crippen LogP contribution in [0.5, 0.6) is 0 Å². The Morgan fingerprint density at radius 3 is 2.73 bits per heavy atom. The van der Waals surface area contributed by atoms with Crippen LogP contribution in [0.3, 0.4) is 0 Å². The normalized spacial score (nSPS) is 19.8. The number of amides is 2. The maximum atomic E-state index is 14.9. The van der Waals surface area contributed by atoms with Crippen LogP contribution < -0.4 is 15.1 Å². The molecule has 10 nitrogen and oxygen atoms in total. The Labute approximate surface area is 173 Å². The van der Waals surface area contributed by atoms with E-state index in [2.05, 4.69) is 20.7 Å². The SMILES string of the molecule is CC(=O)NC[C@H]1CN(c2ccc(N3CCC(n4nnc(C)n4)CC3)c(F)c2)C(=O)O1. The van der Waals surface area contributed by atoms with Crippen molar-refractivity contribution in [2.45, 2.75) is 38.8 Å². The highest BCUT2D eigenvalue weighted by molar-refractivity contribution is 5.90. The molecule has 0 radical (unpaired) electrons. The summed E-state index contributed by atoms with van der Waals surface area (Å²) in [6.45, 7) is 5.03. The predicted molar refractivity (Wildman–Crippen MR) is 106 cm³/mol. The molecule has 0 saturated carbocycles. The van der Waals surface area contributed by atoms with E-state index in [4.69, 9.17) is 4.74 Å². The fourth-order valence-corrected chi connectivity index (χ4v) is 3.81. The number of anilines is 2. The van der Waals surface area contributed by atoms with Gasteiger partial charge in [-0.25, -0.2) is 9.18 Å². The second-order valence-corrected chi connectivity index (χ2v) is 7.56. The predicted octanol–water partition coefficient (Wildman–Crippen LogP) is 1.42. The minimum Gasteiger partial charge on any atom is -0.442 e. The summed E-state index contributed by atoms with van der Waals surface area (Å²) in [5, 5.41) is 14.9. The molecule has 2 amide bonds. The molecule has 0 aliphatic carbocycles. The van der Waals surface area contributed by atoms with Gasteiger partial charge in [0.1, 0.15) is 11.9 Å². The lowest BCUT2D eigenvalue weighted by Gasteiger charge is -2.33. The van der Waals surface area contributed by atoms with Gasteiger partial charge in [0.25, 0.3) is 0 Å². The number of carbonyl (C=O) groups excluding carboxylic acids is 2. The Morgan fingerprint density at radius 2 is 2.10 bits per heavy atom. The zero-order valence-electron chi connectivity index (χ0n) is 16.9. The van der Waals surface area contributed by atoms with Crippen LogP contribution in [0.15, 0.2) is 18.2 Å². The van der Waals surface area contributed by atoms with E-state index in [0.29, 0.717) is 30.3 Å². The molecule has 2 aliphatic heterocycles. The van der Waals surface area contributed by atoms with Gasteiger partial charge in [-0.1, -0.05) is 0 Å². The number of piperidine rings is 1. The standard InChI is InChI=1S/C19H24FN7O3/c1-12-22-24-27(23-12)14-5-7-25(8-6-14)18-4-3-15(9-17(18)20)26-11-16(30-19(26)29)10-21-13(2)28/h3-4,9,14,16H,5-8,10-11H2,1-2H3,(H,21,28)/t16-/m0/s1. The highest BCUT2D eigenvalue weighted by atomic mass is 19.1. The van der Waals surface area contributed by atoms with Crippen molar-refractivity contribution in [2.75, 3.05) is 36.0 Å². The van der Waals surface area contributed by atoms with Crippen molar-refractivity contribution in [1.29, 1.82) is 0 Å². The molecule has 2 saturated heterocycles. The Balaban J connectivity index is 1.39. The smallest absolute Gasteiger partial charge is 0.414 e. The van der Waals surface area contributed by atoms with Crippen molar-refractivity contribution in [3.05, 3.63) is 29.8 Å². The number of rotatable bonds is 5. The van der Waals surface area contributed by atoms with Crippen LogP contribution >= 0.6 is 0 Å². The summed E-state index contributed by atoms with van der Waals surface area (Å²) in [5.74, 6) is 0.0519. The molecule has 1 atom stereocenters. The lowest BCUT2D eigenvalue weighted by atomic mass is 10.0. The third-order valence-corrected chi connectivity index (χ3v) is 5.36. The van der Waals surface area contributed by atoms with E-state index in [1.807, 2.05) is 4.90 Å². The van der Waals surface area contributed by atoms with Crippen LogP contribution in [-0.2, 0) is 9.53 Å². The van der Waals surface area contributed by atoms with Crippen LogP contribution in [0.1, 0.15) is 31.6 Å². The maximum absolute atomic E-state index is 14.9. The summed E-state index contributed by atoms with van der Waals surface area (Å²) in [7, 11) is 0. The van der Waals surface area contributed by atoms with Gasteiger partial charge in [-0.3, -0.25) is 9.69 Å². The average Bonchev–Trinajstić information content (AvgIpc) is 3.32. The first kappa shape index (κ1) is 20.0. The van der Waals surface area contributed by atoms with Gasteiger partial charge in [0.2, 0.25) is 5.91 Å². The first-order chi connectivity index (χ1) is 14.4. The molecule has 0 spiro atoms. The van der Waals surface area contributed by atoms with E-state index < -0.39 is 18.0 Å². The fraction of sp³-hybridized carbons (Fsp3) is 0.526. The number of halogens is 1. The van der Waals surface area contributed by atoms with E-state index in [1.165, 1.54) is 17.9 Å². The maximum Gasteiger partial charge on any atom is 0.414 e. The molecule has 1 aromatic carbocycles. The third-order valence-electron chi connectivity index (χ3n) is 5.36. The van der Waals surface area contributed by atoms with Crippen LogP contribution in [-0.4, -0.2) is 64.5 Å². The second kappa shape index (κ2) is 8.25. The lowest BCUT2D eigenvalue weighted by molar-refractivity contribution is -0.119. The molecule has 1 N–H and O–H groups in total. The van der Waals surface area contributed by atoms with Gasteiger partial charge in [-0.15, -0.1) is 10.2 Å². The molecule has 0 unspecified atom stereocenters. The third kappa shape index (κ3) is 4.19. The van der Waals surface area contributed by atoms with Crippen LogP contribution in [0.25, 0.3) is 0 Å². The number of hydrogen-bond donors (Lipinski definition) is 1. The molecule has 160 valence electrons. The molecule has 30 heavy (non-hydrogen) atoms. The minimum absolute atomic E-state index is 0.157. The molecular formula is C19H24FN7O3. The van der Waals surface area contributed by atoms with Crippen LogP contribution in [0, 0.1) is 12.7 Å². The number of hydrogen-bond acceptors (Lipinski definition) is 7. The quantitative estimate of drug-likeness (QED) is 0.784. The number of aromatic nitrogens is 4. The molecule has 4 rings (SSSR count). The zero-order chi connectivity index (χ0) is 21.3. The first-order valence-electron chi connectivity index (χ1n) is 9.94. The first-order valence-corrected chi connectivity index (χ1v) is 9.94. The van der Waals surface area contributed by atoms with Gasteiger partial charge in [-0.2, -0.15) is 4.80 Å². The zero-order valence-corrected chi connectivity index (χ0v) is 16.9. The van der Waals surface area contributed by atoms with E-state index in [-0.39, 0.29) is 25.0 Å². The molecule has 2 aliphatic rings. The summed E-state index contributed by atoms with van der Waals surface area (Å²) in [6, 6.07) is 4.92. The summed E-state index contributed by atoms with van der Waals surface area (Å²) in [4.78, 5) is 28.2. The van der Waals surface area contributed by atoms with Gasteiger partial charge >= 0.3 is 6.09 Å². The number of tetrazole rings is 1. The van der Waals surface area contributed by atoms with Gasteiger partial charge in [0, 0.05) is 20.0 Å². The Bertz CT molecular complexity index is 942. The lowest BCUT2D eigenvalue weighted by Crippen LogP contribution is -2.36. The fourth-order valence-electron chi connectivity index (χ4n) is 3.81. The highest BCUT2D eigenvalue weighted by Crippen LogP contribution is 2.31. The second-order valence-electron chi connectivity index (χ2n) is 7.56. The van der Waals surface area contributed by atoms with Crippen molar-refractivity contribution in [1.82, 2.24) is 25.5 Å². The van der Waals surface area contributed by atoms with Crippen molar-refractivity contribution < 1.29 is 18.7 Å². The molecule has 1 aromatic heterocycles. The van der Waals surface area contributed by atoms with Gasteiger partial charge in [0.05, 0.1) is 30.5 Å². The molecule has 2 fully saturated rings. The van der Waals surface area contributed by atoms with Gasteiger partial charge in [0.15, 0.2) is 5.82 Å². The summed E-state index contributed by atoms with van der Waals surface area (Å²) < 4.78 is 20.1. The minimum atomic E-state index is -0.547. The molecular weight excluding hydrogens is 393 g/mol. The van der Waals surface area contributed by atoms with Crippen molar-refractivity contribution in [3.8, 4) is 0 Å². The van der Waals surface area contributed by atoms with E-state index in [1.54, 1.807) is 23.9 Å². The summed E-state index contributed by atoms with van der Waals surface area (Å²) in [5.41, 5.74) is 0.936. The monoisotopic (exact) mass is 417 g/mol. The average molecular weight is 417 g/mol. The molecule has 11 heteroatoms. The number of nitrogens with zero attached hydrogens (tertiary/aromatic N) is 6.